The Kier molecular flexibility index (Phi) is 8.84. The van der Waals surface area contributed by atoms with E-state index in [1.54, 1.807) is 0 Å². The molecule has 0 spiro atoms. The van der Waals surface area contributed by atoms with Crippen LogP contribution in [-0.2, 0) is 10.2 Å². The van der Waals surface area contributed by atoms with Gasteiger partial charge in [-0.15, -0.1) is 0 Å². The summed E-state index contributed by atoms with van der Waals surface area (Å²) >= 11 is 0. The highest BCUT2D eigenvalue weighted by atomic mass is 16.5. The number of fused-ring (bicyclic) bond motifs is 3. The van der Waals surface area contributed by atoms with Gasteiger partial charge in [0.25, 0.3) is 0 Å². The van der Waals surface area contributed by atoms with Crippen LogP contribution in [0.2, 0.25) is 0 Å². The molecule has 2 bridgehead atoms. The molecule has 0 unspecified atom stereocenters. The van der Waals surface area contributed by atoms with Crippen LogP contribution in [0.25, 0.3) is 0 Å². The molecule has 3 saturated carbocycles. The summed E-state index contributed by atoms with van der Waals surface area (Å²) in [5, 5.41) is 0. The number of carbonyl (C=O) groups is 1. The van der Waals surface area contributed by atoms with Crippen LogP contribution in [0.15, 0.2) is 24.3 Å². The van der Waals surface area contributed by atoms with Crippen LogP contribution in [0.1, 0.15) is 129 Å². The molecule has 3 fully saturated rings. The second-order valence-electron chi connectivity index (χ2n) is 10.3. The monoisotopic (exact) mass is 412 g/mol. The zero-order valence-corrected chi connectivity index (χ0v) is 19.6. The van der Waals surface area contributed by atoms with Gasteiger partial charge in [-0.25, -0.2) is 0 Å². The van der Waals surface area contributed by atoms with Crippen LogP contribution in [0.4, 0.5) is 0 Å². The van der Waals surface area contributed by atoms with Gasteiger partial charge < -0.3 is 4.74 Å². The smallest absolute Gasteiger partial charge is 0.311 e. The van der Waals surface area contributed by atoms with Crippen LogP contribution in [0, 0.1) is 5.41 Å². The highest BCUT2D eigenvalue weighted by molar-refractivity contribution is 5.72. The fraction of sp³-hybridized carbons (Fsp3) is 0.750. The molecule has 0 aromatic heterocycles. The van der Waals surface area contributed by atoms with Gasteiger partial charge in [0.05, 0.1) is 0 Å². The highest BCUT2D eigenvalue weighted by Gasteiger charge is 2.48. The summed E-state index contributed by atoms with van der Waals surface area (Å²) in [4.78, 5) is 12.1. The van der Waals surface area contributed by atoms with Crippen LogP contribution in [-0.4, -0.2) is 5.97 Å². The zero-order valence-electron chi connectivity index (χ0n) is 19.6. The first-order valence-corrected chi connectivity index (χ1v) is 12.9. The molecule has 4 rings (SSSR count). The van der Waals surface area contributed by atoms with Gasteiger partial charge in [-0.1, -0.05) is 77.3 Å². The molecular formula is C28H44O2. The number of benzene rings is 1. The predicted octanol–water partition coefficient (Wildman–Crippen LogP) is 8.51. The number of hydrogen-bond acceptors (Lipinski definition) is 2. The molecule has 1 aromatic carbocycles. The van der Waals surface area contributed by atoms with Crippen molar-refractivity contribution in [1.29, 1.82) is 0 Å². The van der Waals surface area contributed by atoms with E-state index in [-0.39, 0.29) is 5.97 Å². The van der Waals surface area contributed by atoms with Crippen molar-refractivity contribution >= 4 is 5.97 Å². The molecule has 0 radical (unpaired) electrons. The van der Waals surface area contributed by atoms with E-state index in [9.17, 15) is 4.79 Å². The second kappa shape index (κ2) is 11.3. The Morgan fingerprint density at radius 2 is 1.33 bits per heavy atom. The lowest BCUT2D eigenvalue weighted by Crippen LogP contribution is -2.44. The van der Waals surface area contributed by atoms with Gasteiger partial charge in [0.1, 0.15) is 5.75 Å². The molecule has 2 nitrogen and oxygen atoms in total. The Hall–Kier alpha value is -1.31. The summed E-state index contributed by atoms with van der Waals surface area (Å²) < 4.78 is 5.59. The zero-order chi connectivity index (χ0) is 21.3. The SMILES string of the molecule is CCCCCCCCC(=O)Oc1ccc(C23CCC(CCCCC)(CC2)CC3)cc1. The molecular weight excluding hydrogens is 368 g/mol. The first-order valence-electron chi connectivity index (χ1n) is 12.9. The van der Waals surface area contributed by atoms with Crippen molar-refractivity contribution in [1.82, 2.24) is 0 Å². The van der Waals surface area contributed by atoms with Gasteiger partial charge in [-0.05, 0) is 79.9 Å². The fourth-order valence-corrected chi connectivity index (χ4v) is 5.93. The Labute approximate surface area is 185 Å². The molecule has 1 aromatic rings. The van der Waals surface area contributed by atoms with E-state index >= 15 is 0 Å². The lowest BCUT2D eigenvalue weighted by atomic mass is 9.51. The van der Waals surface area contributed by atoms with Crippen molar-refractivity contribution < 1.29 is 9.53 Å². The summed E-state index contributed by atoms with van der Waals surface area (Å²) in [5.41, 5.74) is 2.51. The topological polar surface area (TPSA) is 26.3 Å². The quantitative estimate of drug-likeness (QED) is 0.184. The van der Waals surface area contributed by atoms with Crippen LogP contribution in [0.3, 0.4) is 0 Å². The van der Waals surface area contributed by atoms with Crippen LogP contribution >= 0.6 is 0 Å². The number of esters is 1. The molecule has 0 heterocycles. The maximum absolute atomic E-state index is 12.1. The van der Waals surface area contributed by atoms with Crippen molar-refractivity contribution in [2.75, 3.05) is 0 Å². The highest BCUT2D eigenvalue weighted by Crippen LogP contribution is 2.59. The number of rotatable bonds is 13. The third-order valence-electron chi connectivity index (χ3n) is 8.15. The van der Waals surface area contributed by atoms with E-state index in [1.165, 1.54) is 95.5 Å². The molecule has 2 heteroatoms. The Morgan fingerprint density at radius 3 is 1.97 bits per heavy atom. The van der Waals surface area contributed by atoms with E-state index in [1.807, 2.05) is 12.1 Å². The molecule has 3 aliphatic carbocycles. The molecule has 0 saturated heterocycles. The second-order valence-corrected chi connectivity index (χ2v) is 10.3. The first-order chi connectivity index (χ1) is 14.6. The van der Waals surface area contributed by atoms with Crippen LogP contribution < -0.4 is 4.74 Å². The summed E-state index contributed by atoms with van der Waals surface area (Å²) in [5.74, 6) is 0.635. The van der Waals surface area contributed by atoms with Crippen LogP contribution in [0.5, 0.6) is 5.75 Å². The fourth-order valence-electron chi connectivity index (χ4n) is 5.93. The van der Waals surface area contributed by atoms with E-state index < -0.39 is 0 Å². The standard InChI is InChI=1S/C28H44O2/c1-3-5-7-8-9-10-12-26(29)30-25-15-13-24(14-16-25)28-21-18-27(19-22-28,20-23-28)17-11-6-4-2/h13-16H,3-12,17-23H2,1-2H3. The molecule has 168 valence electrons. The molecule has 30 heavy (non-hydrogen) atoms. The Morgan fingerprint density at radius 1 is 0.767 bits per heavy atom. The van der Waals surface area contributed by atoms with E-state index in [4.69, 9.17) is 4.74 Å². The average molecular weight is 413 g/mol. The van der Waals surface area contributed by atoms with E-state index in [2.05, 4.69) is 26.0 Å². The maximum atomic E-state index is 12.1. The van der Waals surface area contributed by atoms with Gasteiger partial charge in [0.15, 0.2) is 0 Å². The van der Waals surface area contributed by atoms with Gasteiger partial charge >= 0.3 is 5.97 Å². The van der Waals surface area contributed by atoms with Crippen molar-refractivity contribution in [3.05, 3.63) is 29.8 Å². The van der Waals surface area contributed by atoms with Crippen molar-refractivity contribution in [2.45, 2.75) is 128 Å². The lowest BCUT2D eigenvalue weighted by Gasteiger charge is -2.54. The number of carbonyl (C=O) groups excluding carboxylic acids is 1. The minimum absolute atomic E-state index is 0.0800. The first kappa shape index (κ1) is 23.4. The Balaban J connectivity index is 1.44. The number of hydrogen-bond donors (Lipinski definition) is 0. The number of ether oxygens (including phenoxy) is 1. The van der Waals surface area contributed by atoms with Gasteiger partial charge in [0.2, 0.25) is 0 Å². The predicted molar refractivity (Wildman–Crippen MR) is 126 cm³/mol. The third kappa shape index (κ3) is 6.11. The third-order valence-corrected chi connectivity index (χ3v) is 8.15. The Bertz CT molecular complexity index is 621. The maximum Gasteiger partial charge on any atom is 0.311 e. The minimum Gasteiger partial charge on any atom is -0.427 e. The van der Waals surface area contributed by atoms with Crippen molar-refractivity contribution in [3.63, 3.8) is 0 Å². The lowest BCUT2D eigenvalue weighted by molar-refractivity contribution is -0.134. The number of unbranched alkanes of at least 4 members (excludes halogenated alkanes) is 7. The largest absolute Gasteiger partial charge is 0.427 e. The molecule has 0 N–H and O–H groups in total. The summed E-state index contributed by atoms with van der Waals surface area (Å²) in [6.45, 7) is 4.53. The molecule has 0 aliphatic heterocycles. The minimum atomic E-state index is -0.0800. The van der Waals surface area contributed by atoms with Crippen molar-refractivity contribution in [2.24, 2.45) is 5.41 Å². The van der Waals surface area contributed by atoms with Gasteiger partial charge in [0, 0.05) is 6.42 Å². The molecule has 3 aliphatic rings. The summed E-state index contributed by atoms with van der Waals surface area (Å²) in [6, 6.07) is 8.54. The van der Waals surface area contributed by atoms with E-state index in [0.717, 1.165) is 12.8 Å². The normalized spacial score (nSPS) is 25.4. The summed E-state index contributed by atoms with van der Waals surface area (Å²) in [7, 11) is 0. The molecule has 0 atom stereocenters. The van der Waals surface area contributed by atoms with Gasteiger partial charge in [-0.3, -0.25) is 4.79 Å². The van der Waals surface area contributed by atoms with E-state index in [0.29, 0.717) is 23.0 Å². The molecule has 0 amide bonds. The van der Waals surface area contributed by atoms with Gasteiger partial charge in [-0.2, -0.15) is 0 Å². The average Bonchev–Trinajstić information content (AvgIpc) is 2.78. The summed E-state index contributed by atoms with van der Waals surface area (Å²) in [6.07, 6.45) is 21.6. The van der Waals surface area contributed by atoms with Crippen molar-refractivity contribution in [3.8, 4) is 5.75 Å².